The average Bonchev–Trinajstić information content (AvgIpc) is 3.07. The summed E-state index contributed by atoms with van der Waals surface area (Å²) in [7, 11) is 0. The summed E-state index contributed by atoms with van der Waals surface area (Å²) in [6.45, 7) is 4.52. The lowest BCUT2D eigenvalue weighted by molar-refractivity contribution is 0.607. The zero-order valence-corrected chi connectivity index (χ0v) is 11.2. The Labute approximate surface area is 104 Å². The molecule has 3 nitrogen and oxygen atoms in total. The van der Waals surface area contributed by atoms with Gasteiger partial charge in [0.15, 0.2) is 0 Å². The van der Waals surface area contributed by atoms with Crippen molar-refractivity contribution < 1.29 is 0 Å². The highest BCUT2D eigenvalue weighted by Gasteiger charge is 2.49. The van der Waals surface area contributed by atoms with E-state index in [0.717, 1.165) is 16.0 Å². The van der Waals surface area contributed by atoms with Gasteiger partial charge in [0.05, 0.1) is 10.2 Å². The van der Waals surface area contributed by atoms with Crippen LogP contribution in [-0.2, 0) is 0 Å². The van der Waals surface area contributed by atoms with Crippen molar-refractivity contribution in [3.63, 3.8) is 0 Å². The maximum absolute atomic E-state index is 5.94. The van der Waals surface area contributed by atoms with E-state index in [9.17, 15) is 0 Å². The molecular formula is C12H16BrN3. The summed E-state index contributed by atoms with van der Waals surface area (Å²) in [5, 5.41) is 0. The number of hydrogen-bond donors (Lipinski definition) is 1. The van der Waals surface area contributed by atoms with Crippen molar-refractivity contribution in [2.75, 3.05) is 5.73 Å². The molecule has 0 radical (unpaired) electrons. The molecule has 2 N–H and O–H groups in total. The Hall–Kier alpha value is -0.640. The minimum absolute atomic E-state index is 0.362. The largest absolute Gasteiger partial charge is 0.383 e. The third-order valence-electron chi connectivity index (χ3n) is 3.71. The molecule has 2 saturated carbocycles. The topological polar surface area (TPSA) is 51.8 Å². The molecule has 2 aliphatic rings. The van der Waals surface area contributed by atoms with Crippen molar-refractivity contribution in [3.05, 3.63) is 16.0 Å². The maximum atomic E-state index is 5.94. The van der Waals surface area contributed by atoms with Gasteiger partial charge in [0, 0.05) is 11.8 Å². The molecule has 0 amide bonds. The Morgan fingerprint density at radius 3 is 2.44 bits per heavy atom. The second-order valence-corrected chi connectivity index (χ2v) is 6.48. The van der Waals surface area contributed by atoms with Crippen LogP contribution in [0.2, 0.25) is 0 Å². The number of nitrogens with zero attached hydrogens (tertiary/aromatic N) is 2. The second-order valence-electron chi connectivity index (χ2n) is 5.69. The minimum Gasteiger partial charge on any atom is -0.383 e. The molecule has 0 saturated heterocycles. The highest BCUT2D eigenvalue weighted by Crippen LogP contribution is 2.58. The molecule has 3 rings (SSSR count). The maximum Gasteiger partial charge on any atom is 0.141 e. The number of hydrogen-bond acceptors (Lipinski definition) is 3. The normalized spacial score (nSPS) is 26.8. The van der Waals surface area contributed by atoms with Gasteiger partial charge in [-0.05, 0) is 40.6 Å². The van der Waals surface area contributed by atoms with Crippen LogP contribution in [0.5, 0.6) is 0 Å². The molecule has 2 fully saturated rings. The van der Waals surface area contributed by atoms with Crippen molar-refractivity contribution in [2.45, 2.75) is 44.9 Å². The molecule has 86 valence electrons. The zero-order chi connectivity index (χ0) is 11.5. The Bertz CT molecular complexity index is 452. The quantitative estimate of drug-likeness (QED) is 0.906. The molecule has 1 heterocycles. The van der Waals surface area contributed by atoms with Crippen molar-refractivity contribution in [2.24, 2.45) is 5.41 Å². The molecule has 2 aliphatic carbocycles. The van der Waals surface area contributed by atoms with Crippen molar-refractivity contribution in [1.29, 1.82) is 0 Å². The average molecular weight is 282 g/mol. The van der Waals surface area contributed by atoms with Gasteiger partial charge >= 0.3 is 0 Å². The van der Waals surface area contributed by atoms with E-state index in [1.807, 2.05) is 0 Å². The monoisotopic (exact) mass is 281 g/mol. The predicted molar refractivity (Wildman–Crippen MR) is 67.3 cm³/mol. The van der Waals surface area contributed by atoms with E-state index in [4.69, 9.17) is 10.7 Å². The van der Waals surface area contributed by atoms with Crippen LogP contribution in [0.15, 0.2) is 4.47 Å². The molecule has 1 aromatic heterocycles. The molecular weight excluding hydrogens is 266 g/mol. The number of rotatable bonds is 2. The lowest BCUT2D eigenvalue weighted by Gasteiger charge is -2.09. The highest BCUT2D eigenvalue weighted by molar-refractivity contribution is 9.10. The van der Waals surface area contributed by atoms with Gasteiger partial charge in [-0.1, -0.05) is 13.8 Å². The van der Waals surface area contributed by atoms with E-state index in [1.165, 1.54) is 19.3 Å². The van der Waals surface area contributed by atoms with Gasteiger partial charge in [-0.3, -0.25) is 0 Å². The molecule has 1 unspecified atom stereocenters. The fraction of sp³-hybridized carbons (Fsp3) is 0.667. The summed E-state index contributed by atoms with van der Waals surface area (Å²) in [5.41, 5.74) is 7.44. The second kappa shape index (κ2) is 3.19. The van der Waals surface area contributed by atoms with Crippen LogP contribution in [0.1, 0.15) is 56.5 Å². The summed E-state index contributed by atoms with van der Waals surface area (Å²) < 4.78 is 0.914. The van der Waals surface area contributed by atoms with Crippen LogP contribution >= 0.6 is 15.9 Å². The predicted octanol–water partition coefficient (Wildman–Crippen LogP) is 3.21. The van der Waals surface area contributed by atoms with E-state index in [0.29, 0.717) is 23.1 Å². The van der Waals surface area contributed by atoms with Gasteiger partial charge in [-0.15, -0.1) is 0 Å². The van der Waals surface area contributed by atoms with Crippen LogP contribution in [0.25, 0.3) is 0 Å². The molecule has 4 heteroatoms. The molecule has 0 spiro atoms. The number of aromatic nitrogens is 2. The lowest BCUT2D eigenvalue weighted by Crippen LogP contribution is -2.05. The van der Waals surface area contributed by atoms with E-state index in [-0.39, 0.29) is 0 Å². The number of anilines is 1. The SMILES string of the molecule is CC1(C)CC1c1nc(N)c(Br)c(C2CC2)n1. The number of halogens is 1. The van der Waals surface area contributed by atoms with Crippen LogP contribution in [0.3, 0.4) is 0 Å². The van der Waals surface area contributed by atoms with E-state index in [2.05, 4.69) is 34.8 Å². The molecule has 1 atom stereocenters. The van der Waals surface area contributed by atoms with Gasteiger partial charge in [0.1, 0.15) is 11.6 Å². The van der Waals surface area contributed by atoms with Crippen molar-refractivity contribution in [1.82, 2.24) is 9.97 Å². The molecule has 0 aliphatic heterocycles. The third kappa shape index (κ3) is 1.63. The van der Waals surface area contributed by atoms with E-state index in [1.54, 1.807) is 0 Å². The third-order valence-corrected chi connectivity index (χ3v) is 4.52. The first-order valence-corrected chi connectivity index (χ1v) is 6.61. The Kier molecular flexibility index (Phi) is 2.09. The first-order chi connectivity index (χ1) is 7.49. The summed E-state index contributed by atoms with van der Waals surface area (Å²) >= 11 is 3.50. The van der Waals surface area contributed by atoms with Crippen molar-refractivity contribution >= 4 is 21.7 Å². The lowest BCUT2D eigenvalue weighted by atomic mass is 10.1. The summed E-state index contributed by atoms with van der Waals surface area (Å²) in [6, 6.07) is 0. The van der Waals surface area contributed by atoms with Crippen LogP contribution < -0.4 is 5.73 Å². The van der Waals surface area contributed by atoms with Crippen LogP contribution in [0, 0.1) is 5.41 Å². The standard InChI is InChI=1S/C12H16BrN3/c1-12(2)5-7(12)11-15-9(6-3-4-6)8(13)10(14)16-11/h6-7H,3-5H2,1-2H3,(H2,14,15,16). The Balaban J connectivity index is 2.01. The van der Waals surface area contributed by atoms with Gasteiger partial charge < -0.3 is 5.73 Å². The molecule has 0 aromatic carbocycles. The minimum atomic E-state index is 0.362. The van der Waals surface area contributed by atoms with E-state index < -0.39 is 0 Å². The van der Waals surface area contributed by atoms with Crippen LogP contribution in [0.4, 0.5) is 5.82 Å². The van der Waals surface area contributed by atoms with Crippen LogP contribution in [-0.4, -0.2) is 9.97 Å². The summed E-state index contributed by atoms with van der Waals surface area (Å²) in [4.78, 5) is 9.14. The fourth-order valence-electron chi connectivity index (χ4n) is 2.19. The molecule has 16 heavy (non-hydrogen) atoms. The Morgan fingerprint density at radius 2 is 1.94 bits per heavy atom. The van der Waals surface area contributed by atoms with Gasteiger partial charge in [0.25, 0.3) is 0 Å². The first kappa shape index (κ1) is 10.5. The fourth-order valence-corrected chi connectivity index (χ4v) is 2.69. The van der Waals surface area contributed by atoms with Gasteiger partial charge in [-0.25, -0.2) is 9.97 Å². The molecule has 0 bridgehead atoms. The van der Waals surface area contributed by atoms with Gasteiger partial charge in [-0.2, -0.15) is 0 Å². The smallest absolute Gasteiger partial charge is 0.141 e. The first-order valence-electron chi connectivity index (χ1n) is 5.82. The summed E-state index contributed by atoms with van der Waals surface area (Å²) in [5.74, 6) is 2.67. The zero-order valence-electron chi connectivity index (χ0n) is 9.63. The number of nitrogen functional groups attached to an aromatic ring is 1. The van der Waals surface area contributed by atoms with E-state index >= 15 is 0 Å². The number of nitrogens with two attached hydrogens (primary N) is 1. The Morgan fingerprint density at radius 1 is 1.31 bits per heavy atom. The van der Waals surface area contributed by atoms with Gasteiger partial charge in [0.2, 0.25) is 0 Å². The van der Waals surface area contributed by atoms with Crippen molar-refractivity contribution in [3.8, 4) is 0 Å². The highest BCUT2D eigenvalue weighted by atomic mass is 79.9. The molecule has 1 aromatic rings. The summed E-state index contributed by atoms with van der Waals surface area (Å²) in [6.07, 6.45) is 3.66.